The minimum atomic E-state index is -0.330. The van der Waals surface area contributed by atoms with Gasteiger partial charge in [0.05, 0.1) is 0 Å². The van der Waals surface area contributed by atoms with E-state index < -0.39 is 0 Å². The van der Waals surface area contributed by atoms with Gasteiger partial charge in [-0.15, -0.1) is 0 Å². The van der Waals surface area contributed by atoms with E-state index in [9.17, 15) is 9.59 Å². The molecule has 0 spiro atoms. The van der Waals surface area contributed by atoms with Crippen molar-refractivity contribution in [3.8, 4) is 5.69 Å². The van der Waals surface area contributed by atoms with Crippen molar-refractivity contribution in [3.05, 3.63) is 62.6 Å². The summed E-state index contributed by atoms with van der Waals surface area (Å²) >= 11 is 0. The molecule has 7 heteroatoms. The Labute approximate surface area is 149 Å². The number of hydrogen-bond acceptors (Lipinski definition) is 3. The van der Waals surface area contributed by atoms with Gasteiger partial charge in [-0.05, 0) is 32.4 Å². The summed E-state index contributed by atoms with van der Waals surface area (Å²) in [6.45, 7) is 6.36. The number of imidazole rings is 2. The third kappa shape index (κ3) is 2.16. The predicted octanol–water partition coefficient (Wildman–Crippen LogP) is 2.17. The third-order valence-electron chi connectivity index (χ3n) is 4.77. The Morgan fingerprint density at radius 1 is 1.08 bits per heavy atom. The number of nitrogens with zero attached hydrogens (tertiary/aromatic N) is 5. The summed E-state index contributed by atoms with van der Waals surface area (Å²) in [5.41, 5.74) is 3.33. The average Bonchev–Trinajstić information content (AvgIpc) is 3.12. The highest BCUT2D eigenvalue weighted by atomic mass is 16.2. The van der Waals surface area contributed by atoms with Gasteiger partial charge in [-0.2, -0.15) is 4.98 Å². The van der Waals surface area contributed by atoms with E-state index in [2.05, 4.69) is 4.98 Å². The minimum Gasteiger partial charge on any atom is -0.283 e. The Kier molecular flexibility index (Phi) is 3.61. The summed E-state index contributed by atoms with van der Waals surface area (Å²) in [5, 5.41) is 0. The molecule has 0 saturated carbocycles. The molecule has 26 heavy (non-hydrogen) atoms. The second-order valence-corrected chi connectivity index (χ2v) is 6.69. The molecule has 0 aliphatic carbocycles. The van der Waals surface area contributed by atoms with Crippen LogP contribution >= 0.6 is 0 Å². The molecular weight excluding hydrogens is 330 g/mol. The Bertz CT molecular complexity index is 1250. The van der Waals surface area contributed by atoms with E-state index in [4.69, 9.17) is 0 Å². The molecule has 0 atom stereocenters. The van der Waals surface area contributed by atoms with Crippen LogP contribution in [0.3, 0.4) is 0 Å². The lowest BCUT2D eigenvalue weighted by atomic mass is 10.2. The van der Waals surface area contributed by atoms with Crippen LogP contribution in [-0.2, 0) is 13.6 Å². The maximum atomic E-state index is 12.9. The number of rotatable bonds is 3. The van der Waals surface area contributed by atoms with Gasteiger partial charge in [0.2, 0.25) is 5.78 Å². The molecular formula is C19H21N5O2. The highest BCUT2D eigenvalue weighted by molar-refractivity contribution is 5.76. The van der Waals surface area contributed by atoms with Crippen molar-refractivity contribution in [1.29, 1.82) is 0 Å². The first-order valence-electron chi connectivity index (χ1n) is 8.71. The van der Waals surface area contributed by atoms with Crippen LogP contribution in [0.2, 0.25) is 0 Å². The van der Waals surface area contributed by atoms with E-state index in [1.165, 1.54) is 14.7 Å². The number of benzene rings is 1. The van der Waals surface area contributed by atoms with Gasteiger partial charge < -0.3 is 0 Å². The van der Waals surface area contributed by atoms with Crippen molar-refractivity contribution in [2.75, 3.05) is 0 Å². The van der Waals surface area contributed by atoms with Crippen LogP contribution < -0.4 is 11.2 Å². The molecule has 4 rings (SSSR count). The molecule has 7 nitrogen and oxygen atoms in total. The fourth-order valence-electron chi connectivity index (χ4n) is 3.44. The van der Waals surface area contributed by atoms with E-state index in [0.717, 1.165) is 11.4 Å². The second kappa shape index (κ2) is 5.72. The summed E-state index contributed by atoms with van der Waals surface area (Å²) < 4.78 is 6.52. The Balaban J connectivity index is 2.13. The molecule has 3 heterocycles. The first-order valence-corrected chi connectivity index (χ1v) is 8.71. The smallest absolute Gasteiger partial charge is 0.283 e. The number of aromatic nitrogens is 5. The number of aryl methyl sites for hydroxylation is 3. The summed E-state index contributed by atoms with van der Waals surface area (Å²) in [6.07, 6.45) is 2.61. The van der Waals surface area contributed by atoms with Gasteiger partial charge in [0, 0.05) is 31.2 Å². The zero-order chi connectivity index (χ0) is 18.6. The Morgan fingerprint density at radius 2 is 1.77 bits per heavy atom. The van der Waals surface area contributed by atoms with Gasteiger partial charge in [0.25, 0.3) is 5.56 Å². The molecule has 0 unspecified atom stereocenters. The van der Waals surface area contributed by atoms with Crippen molar-refractivity contribution in [2.45, 2.75) is 33.7 Å². The van der Waals surface area contributed by atoms with Crippen LogP contribution in [0.25, 0.3) is 22.6 Å². The fraction of sp³-hybridized carbons (Fsp3) is 0.316. The molecule has 3 aromatic heterocycles. The first-order chi connectivity index (χ1) is 12.4. The van der Waals surface area contributed by atoms with Crippen LogP contribution in [0, 0.1) is 13.8 Å². The number of fused-ring (bicyclic) bond motifs is 3. The zero-order valence-corrected chi connectivity index (χ0v) is 15.4. The molecule has 0 saturated heterocycles. The maximum absolute atomic E-state index is 12.9. The van der Waals surface area contributed by atoms with E-state index in [-0.39, 0.29) is 11.2 Å². The third-order valence-corrected chi connectivity index (χ3v) is 4.77. The predicted molar refractivity (Wildman–Crippen MR) is 101 cm³/mol. The lowest BCUT2D eigenvalue weighted by molar-refractivity contribution is 0.592. The Hall–Kier alpha value is -3.09. The molecule has 0 radical (unpaired) electrons. The van der Waals surface area contributed by atoms with Gasteiger partial charge in [0.1, 0.15) is 0 Å². The minimum absolute atomic E-state index is 0.293. The van der Waals surface area contributed by atoms with E-state index in [0.29, 0.717) is 29.9 Å². The van der Waals surface area contributed by atoms with Crippen molar-refractivity contribution in [1.82, 2.24) is 23.1 Å². The van der Waals surface area contributed by atoms with Crippen LogP contribution in [0.1, 0.15) is 24.6 Å². The first kappa shape index (κ1) is 16.4. The molecule has 0 N–H and O–H groups in total. The van der Waals surface area contributed by atoms with Crippen molar-refractivity contribution in [3.63, 3.8) is 0 Å². The van der Waals surface area contributed by atoms with Crippen molar-refractivity contribution >= 4 is 16.9 Å². The van der Waals surface area contributed by atoms with Gasteiger partial charge in [-0.1, -0.05) is 24.6 Å². The second-order valence-electron chi connectivity index (χ2n) is 6.69. The molecule has 0 bridgehead atoms. The summed E-state index contributed by atoms with van der Waals surface area (Å²) in [5.74, 6) is 0.628. The van der Waals surface area contributed by atoms with Gasteiger partial charge in [-0.3, -0.25) is 22.9 Å². The van der Waals surface area contributed by atoms with Crippen molar-refractivity contribution < 1.29 is 0 Å². The summed E-state index contributed by atoms with van der Waals surface area (Å²) in [4.78, 5) is 30.1. The van der Waals surface area contributed by atoms with Crippen LogP contribution in [0.5, 0.6) is 0 Å². The maximum Gasteiger partial charge on any atom is 0.332 e. The molecule has 0 aliphatic heterocycles. The van der Waals surface area contributed by atoms with Crippen LogP contribution in [0.15, 0.2) is 40.1 Å². The largest absolute Gasteiger partial charge is 0.332 e. The van der Waals surface area contributed by atoms with Crippen LogP contribution in [-0.4, -0.2) is 23.1 Å². The quantitative estimate of drug-likeness (QED) is 0.568. The highest BCUT2D eigenvalue weighted by Crippen LogP contribution is 2.21. The molecule has 134 valence electrons. The lowest BCUT2D eigenvalue weighted by Crippen LogP contribution is -2.39. The molecule has 0 amide bonds. The van der Waals surface area contributed by atoms with Crippen molar-refractivity contribution in [2.24, 2.45) is 7.05 Å². The summed E-state index contributed by atoms with van der Waals surface area (Å²) in [7, 11) is 1.66. The number of hydrogen-bond donors (Lipinski definition) is 0. The van der Waals surface area contributed by atoms with E-state index >= 15 is 0 Å². The standard InChI is InChI=1S/C19H21N5O2/c1-5-10-22-17(25)15-16(21(4)19(22)26)20-18-23(15)11-13(3)24(18)14-8-6-12(2)7-9-14/h6-9,11H,5,10H2,1-4H3. The van der Waals surface area contributed by atoms with Gasteiger partial charge in [0.15, 0.2) is 11.2 Å². The lowest BCUT2D eigenvalue weighted by Gasteiger charge is -2.06. The average molecular weight is 351 g/mol. The van der Waals surface area contributed by atoms with Gasteiger partial charge >= 0.3 is 5.69 Å². The SMILES string of the molecule is CCCn1c(=O)c2c(nc3n(-c4ccc(C)cc4)c(C)cn23)n(C)c1=O. The summed E-state index contributed by atoms with van der Waals surface area (Å²) in [6, 6.07) is 8.13. The topological polar surface area (TPSA) is 66.2 Å². The molecule has 4 aromatic rings. The van der Waals surface area contributed by atoms with E-state index in [1.54, 1.807) is 11.4 Å². The highest BCUT2D eigenvalue weighted by Gasteiger charge is 2.20. The zero-order valence-electron chi connectivity index (χ0n) is 15.4. The normalized spacial score (nSPS) is 11.7. The molecule has 0 aliphatic rings. The van der Waals surface area contributed by atoms with E-state index in [1.807, 2.05) is 55.8 Å². The monoisotopic (exact) mass is 351 g/mol. The molecule has 1 aromatic carbocycles. The van der Waals surface area contributed by atoms with Crippen LogP contribution in [0.4, 0.5) is 0 Å². The van der Waals surface area contributed by atoms with Gasteiger partial charge in [-0.25, -0.2) is 4.79 Å². The fourth-order valence-corrected chi connectivity index (χ4v) is 3.44. The molecule has 0 fully saturated rings. The Morgan fingerprint density at radius 3 is 2.42 bits per heavy atom.